The van der Waals surface area contributed by atoms with Crippen LogP contribution in [0.5, 0.6) is 0 Å². The first-order chi connectivity index (χ1) is 7.20. The average molecular weight is 209 g/mol. The maximum absolute atomic E-state index is 10.2. The molecule has 5 nitrogen and oxygen atoms in total. The van der Waals surface area contributed by atoms with Crippen LogP contribution in [0.2, 0.25) is 0 Å². The van der Waals surface area contributed by atoms with Gasteiger partial charge in [0.15, 0.2) is 0 Å². The van der Waals surface area contributed by atoms with E-state index in [1.165, 1.54) is 0 Å². The third kappa shape index (κ3) is 4.39. The summed E-state index contributed by atoms with van der Waals surface area (Å²) in [6.07, 6.45) is 5.00. The van der Waals surface area contributed by atoms with Gasteiger partial charge < -0.3 is 10.4 Å². The molecule has 0 aliphatic heterocycles. The molecule has 5 heteroatoms. The van der Waals surface area contributed by atoms with Crippen molar-refractivity contribution in [1.82, 2.24) is 9.97 Å². The number of nitrogens with one attached hydrogen (secondary N) is 1. The molecule has 0 aliphatic rings. The number of nitrogens with zero attached hydrogens (tertiary/aromatic N) is 2. The zero-order valence-electron chi connectivity index (χ0n) is 8.73. The molecule has 0 amide bonds. The number of aryl methyl sites for hydroxylation is 1. The minimum absolute atomic E-state index is 0.223. The number of carboxylic acid groups (broad SMARTS) is 1. The minimum atomic E-state index is -0.745. The van der Waals surface area contributed by atoms with E-state index in [4.69, 9.17) is 5.11 Å². The third-order valence-corrected chi connectivity index (χ3v) is 1.99. The lowest BCUT2D eigenvalue weighted by atomic mass is 10.2. The molecule has 1 heterocycles. The largest absolute Gasteiger partial charge is 0.481 e. The van der Waals surface area contributed by atoms with Crippen molar-refractivity contribution in [2.45, 2.75) is 26.2 Å². The van der Waals surface area contributed by atoms with E-state index in [0.717, 1.165) is 24.5 Å². The standard InChI is InChI=1S/C10H15N3O2/c1-8-10(13-7-6-11-8)12-5-3-2-4-9(14)15/h6-7H,2-5H2,1H3,(H,12,13)(H,14,15). The fourth-order valence-corrected chi connectivity index (χ4v) is 1.19. The van der Waals surface area contributed by atoms with E-state index in [1.54, 1.807) is 12.4 Å². The molecule has 1 rings (SSSR count). The number of carboxylic acids is 1. The van der Waals surface area contributed by atoms with Crippen LogP contribution in [-0.2, 0) is 4.79 Å². The van der Waals surface area contributed by atoms with Crippen LogP contribution >= 0.6 is 0 Å². The molecule has 0 aromatic carbocycles. The SMILES string of the molecule is Cc1nccnc1NCCCCC(=O)O. The predicted octanol–water partition coefficient (Wildman–Crippen LogP) is 1.45. The Hall–Kier alpha value is -1.65. The lowest BCUT2D eigenvalue weighted by molar-refractivity contribution is -0.137. The predicted molar refractivity (Wildman–Crippen MR) is 56.7 cm³/mol. The number of hydrogen-bond acceptors (Lipinski definition) is 4. The highest BCUT2D eigenvalue weighted by molar-refractivity contribution is 5.66. The van der Waals surface area contributed by atoms with E-state index in [0.29, 0.717) is 6.42 Å². The summed E-state index contributed by atoms with van der Waals surface area (Å²) in [5.74, 6) is 0.0264. The summed E-state index contributed by atoms with van der Waals surface area (Å²) in [5.41, 5.74) is 0.857. The quantitative estimate of drug-likeness (QED) is 0.693. The summed E-state index contributed by atoms with van der Waals surface area (Å²) in [6.45, 7) is 2.61. The van der Waals surface area contributed by atoms with Gasteiger partial charge in [-0.25, -0.2) is 4.98 Å². The zero-order valence-corrected chi connectivity index (χ0v) is 8.73. The second kappa shape index (κ2) is 5.95. The Bertz CT molecular complexity index is 328. The highest BCUT2D eigenvalue weighted by Gasteiger charge is 1.99. The Morgan fingerprint density at radius 3 is 2.80 bits per heavy atom. The minimum Gasteiger partial charge on any atom is -0.481 e. The van der Waals surface area contributed by atoms with Crippen molar-refractivity contribution >= 4 is 11.8 Å². The van der Waals surface area contributed by atoms with Gasteiger partial charge in [-0.05, 0) is 19.8 Å². The van der Waals surface area contributed by atoms with Crippen molar-refractivity contribution in [3.05, 3.63) is 18.1 Å². The first-order valence-corrected chi connectivity index (χ1v) is 4.93. The van der Waals surface area contributed by atoms with E-state index in [2.05, 4.69) is 15.3 Å². The van der Waals surface area contributed by atoms with Crippen molar-refractivity contribution < 1.29 is 9.90 Å². The van der Waals surface area contributed by atoms with Gasteiger partial charge in [-0.15, -0.1) is 0 Å². The van der Waals surface area contributed by atoms with Crippen molar-refractivity contribution in [1.29, 1.82) is 0 Å². The first kappa shape index (κ1) is 11.4. The molecule has 15 heavy (non-hydrogen) atoms. The summed E-state index contributed by atoms with van der Waals surface area (Å²) in [4.78, 5) is 18.5. The molecule has 82 valence electrons. The normalized spacial score (nSPS) is 9.93. The van der Waals surface area contributed by atoms with Gasteiger partial charge in [0.1, 0.15) is 5.82 Å². The molecular formula is C10H15N3O2. The molecule has 0 spiro atoms. The van der Waals surface area contributed by atoms with Crippen LogP contribution in [0.3, 0.4) is 0 Å². The van der Waals surface area contributed by atoms with Gasteiger partial charge in [-0.1, -0.05) is 0 Å². The number of carbonyl (C=O) groups is 1. The van der Waals surface area contributed by atoms with Gasteiger partial charge in [0.05, 0.1) is 5.69 Å². The van der Waals surface area contributed by atoms with Gasteiger partial charge in [0.25, 0.3) is 0 Å². The lowest BCUT2D eigenvalue weighted by Gasteiger charge is -2.06. The molecule has 0 fully saturated rings. The molecule has 0 radical (unpaired) electrons. The highest BCUT2D eigenvalue weighted by atomic mass is 16.4. The monoisotopic (exact) mass is 209 g/mol. The maximum atomic E-state index is 10.2. The Kier molecular flexibility index (Phi) is 4.53. The smallest absolute Gasteiger partial charge is 0.303 e. The fraction of sp³-hybridized carbons (Fsp3) is 0.500. The summed E-state index contributed by atoms with van der Waals surface area (Å²) in [5, 5.41) is 11.6. The van der Waals surface area contributed by atoms with Crippen LogP contribution in [0.4, 0.5) is 5.82 Å². The maximum Gasteiger partial charge on any atom is 0.303 e. The molecule has 0 saturated heterocycles. The van der Waals surface area contributed by atoms with Gasteiger partial charge in [-0.3, -0.25) is 9.78 Å². The number of hydrogen-bond donors (Lipinski definition) is 2. The topological polar surface area (TPSA) is 75.1 Å². The Balaban J connectivity index is 2.21. The summed E-state index contributed by atoms with van der Waals surface area (Å²) < 4.78 is 0. The Labute approximate surface area is 88.6 Å². The lowest BCUT2D eigenvalue weighted by Crippen LogP contribution is -2.06. The van der Waals surface area contributed by atoms with E-state index in [-0.39, 0.29) is 6.42 Å². The molecule has 1 aromatic heterocycles. The Morgan fingerprint density at radius 1 is 1.40 bits per heavy atom. The highest BCUT2D eigenvalue weighted by Crippen LogP contribution is 2.06. The molecule has 0 saturated carbocycles. The van der Waals surface area contributed by atoms with E-state index >= 15 is 0 Å². The van der Waals surface area contributed by atoms with Crippen LogP contribution < -0.4 is 5.32 Å². The number of rotatable bonds is 6. The first-order valence-electron chi connectivity index (χ1n) is 4.93. The number of aromatic nitrogens is 2. The average Bonchev–Trinajstić information content (AvgIpc) is 2.20. The van der Waals surface area contributed by atoms with Crippen molar-refractivity contribution in [3.63, 3.8) is 0 Å². The number of aliphatic carboxylic acids is 1. The van der Waals surface area contributed by atoms with E-state index in [9.17, 15) is 4.79 Å². The van der Waals surface area contributed by atoms with Crippen LogP contribution in [0.1, 0.15) is 25.0 Å². The molecule has 0 unspecified atom stereocenters. The van der Waals surface area contributed by atoms with E-state index in [1.807, 2.05) is 6.92 Å². The Morgan fingerprint density at radius 2 is 2.13 bits per heavy atom. The van der Waals surface area contributed by atoms with E-state index < -0.39 is 5.97 Å². The van der Waals surface area contributed by atoms with Crippen molar-refractivity contribution in [2.75, 3.05) is 11.9 Å². The number of unbranched alkanes of at least 4 members (excludes halogenated alkanes) is 1. The van der Waals surface area contributed by atoms with Crippen LogP contribution in [0, 0.1) is 6.92 Å². The fourth-order valence-electron chi connectivity index (χ4n) is 1.19. The van der Waals surface area contributed by atoms with Gasteiger partial charge in [-0.2, -0.15) is 0 Å². The van der Waals surface area contributed by atoms with Gasteiger partial charge in [0, 0.05) is 25.4 Å². The second-order valence-electron chi connectivity index (χ2n) is 3.27. The molecule has 0 atom stereocenters. The van der Waals surface area contributed by atoms with Crippen LogP contribution in [0.25, 0.3) is 0 Å². The molecule has 2 N–H and O–H groups in total. The van der Waals surface area contributed by atoms with Gasteiger partial charge >= 0.3 is 5.97 Å². The zero-order chi connectivity index (χ0) is 11.1. The van der Waals surface area contributed by atoms with Crippen LogP contribution in [-0.4, -0.2) is 27.6 Å². The summed E-state index contributed by atoms with van der Waals surface area (Å²) in [7, 11) is 0. The van der Waals surface area contributed by atoms with Crippen molar-refractivity contribution in [2.24, 2.45) is 0 Å². The van der Waals surface area contributed by atoms with Crippen molar-refractivity contribution in [3.8, 4) is 0 Å². The molecule has 1 aromatic rings. The summed E-state index contributed by atoms with van der Waals surface area (Å²) >= 11 is 0. The van der Waals surface area contributed by atoms with Crippen LogP contribution in [0.15, 0.2) is 12.4 Å². The molecule has 0 bridgehead atoms. The van der Waals surface area contributed by atoms with Gasteiger partial charge in [0.2, 0.25) is 0 Å². The second-order valence-corrected chi connectivity index (χ2v) is 3.27. The summed E-state index contributed by atoms with van der Waals surface area (Å²) in [6, 6.07) is 0. The third-order valence-electron chi connectivity index (χ3n) is 1.99. The molecule has 0 aliphatic carbocycles. The molecular weight excluding hydrogens is 194 g/mol. The number of anilines is 1.